The van der Waals surface area contributed by atoms with E-state index in [2.05, 4.69) is 10.1 Å². The number of halogens is 1. The molecule has 2 aromatic carbocycles. The maximum atomic E-state index is 12.4. The molecule has 0 fully saturated rings. The number of nitrogens with zero attached hydrogens (tertiary/aromatic N) is 1. The van der Waals surface area contributed by atoms with Gasteiger partial charge in [-0.15, -0.1) is 0 Å². The molecule has 0 aliphatic heterocycles. The number of nitro benzene ring substituents is 1. The largest absolute Gasteiger partial charge is 0.465 e. The van der Waals surface area contributed by atoms with Gasteiger partial charge in [-0.3, -0.25) is 14.9 Å². The van der Waals surface area contributed by atoms with Crippen LogP contribution in [-0.2, 0) is 4.74 Å². The quantitative estimate of drug-likeness (QED) is 0.517. The molecule has 0 radical (unpaired) electrons. The second-order valence-electron chi connectivity index (χ2n) is 4.90. The molecular formula is C16H13ClN2O5. The monoisotopic (exact) mass is 348 g/mol. The lowest BCUT2D eigenvalue weighted by molar-refractivity contribution is -0.384. The zero-order chi connectivity index (χ0) is 17.9. The van der Waals surface area contributed by atoms with Crippen molar-refractivity contribution in [3.05, 3.63) is 68.2 Å². The van der Waals surface area contributed by atoms with E-state index in [-0.39, 0.29) is 21.8 Å². The van der Waals surface area contributed by atoms with Crippen LogP contribution in [0.3, 0.4) is 0 Å². The highest BCUT2D eigenvalue weighted by Crippen LogP contribution is 2.24. The second-order valence-corrected chi connectivity index (χ2v) is 5.30. The van der Waals surface area contributed by atoms with Crippen molar-refractivity contribution in [2.75, 3.05) is 12.4 Å². The first-order chi connectivity index (χ1) is 11.3. The molecule has 0 aromatic heterocycles. The van der Waals surface area contributed by atoms with Crippen molar-refractivity contribution in [1.82, 2.24) is 0 Å². The maximum Gasteiger partial charge on any atom is 0.337 e. The third kappa shape index (κ3) is 3.69. The smallest absolute Gasteiger partial charge is 0.337 e. The molecule has 1 N–H and O–H groups in total. The van der Waals surface area contributed by atoms with Crippen LogP contribution in [0.25, 0.3) is 0 Å². The van der Waals surface area contributed by atoms with Gasteiger partial charge in [0.1, 0.15) is 0 Å². The van der Waals surface area contributed by atoms with Gasteiger partial charge in [0, 0.05) is 17.8 Å². The number of hydrogen-bond donors (Lipinski definition) is 1. The third-order valence-corrected chi connectivity index (χ3v) is 3.64. The molecule has 0 heterocycles. The Morgan fingerprint density at radius 1 is 1.21 bits per heavy atom. The number of carbonyl (C=O) groups is 2. The minimum Gasteiger partial charge on any atom is -0.465 e. The van der Waals surface area contributed by atoms with E-state index >= 15 is 0 Å². The number of carbonyl (C=O) groups excluding carboxylic acids is 2. The second kappa shape index (κ2) is 7.10. The number of non-ortho nitro benzene ring substituents is 1. The number of esters is 1. The van der Waals surface area contributed by atoms with Gasteiger partial charge in [0.2, 0.25) is 0 Å². The number of rotatable bonds is 4. The van der Waals surface area contributed by atoms with E-state index in [0.29, 0.717) is 11.3 Å². The van der Waals surface area contributed by atoms with Crippen molar-refractivity contribution >= 4 is 34.9 Å². The summed E-state index contributed by atoms with van der Waals surface area (Å²) >= 11 is 5.95. The van der Waals surface area contributed by atoms with Crippen molar-refractivity contribution in [2.24, 2.45) is 0 Å². The number of benzene rings is 2. The van der Waals surface area contributed by atoms with E-state index in [9.17, 15) is 19.7 Å². The van der Waals surface area contributed by atoms with Crippen LogP contribution in [0.2, 0.25) is 5.02 Å². The molecule has 0 aliphatic carbocycles. The minimum atomic E-state index is -0.617. The topological polar surface area (TPSA) is 98.5 Å². The Morgan fingerprint density at radius 3 is 2.54 bits per heavy atom. The van der Waals surface area contributed by atoms with Crippen LogP contribution in [-0.4, -0.2) is 23.9 Å². The van der Waals surface area contributed by atoms with Crippen LogP contribution >= 0.6 is 11.6 Å². The van der Waals surface area contributed by atoms with Crippen molar-refractivity contribution in [2.45, 2.75) is 6.92 Å². The summed E-state index contributed by atoms with van der Waals surface area (Å²) in [6, 6.07) is 8.27. The van der Waals surface area contributed by atoms with Crippen molar-refractivity contribution in [3.63, 3.8) is 0 Å². The van der Waals surface area contributed by atoms with E-state index in [0.717, 1.165) is 6.07 Å². The molecule has 0 aliphatic rings. The van der Waals surface area contributed by atoms with E-state index in [1.807, 2.05) is 0 Å². The third-order valence-electron chi connectivity index (χ3n) is 3.31. The summed E-state index contributed by atoms with van der Waals surface area (Å²) in [6.07, 6.45) is 0. The van der Waals surface area contributed by atoms with E-state index < -0.39 is 16.8 Å². The van der Waals surface area contributed by atoms with Crippen LogP contribution in [0.1, 0.15) is 26.3 Å². The predicted octanol–water partition coefficient (Wildman–Crippen LogP) is 3.60. The molecule has 0 saturated carbocycles. The minimum absolute atomic E-state index is 0.0336. The Labute approximate surface area is 142 Å². The van der Waals surface area contributed by atoms with Gasteiger partial charge in [0.05, 0.1) is 28.2 Å². The first kappa shape index (κ1) is 17.4. The zero-order valence-electron chi connectivity index (χ0n) is 12.8. The first-order valence-corrected chi connectivity index (χ1v) is 7.15. The highest BCUT2D eigenvalue weighted by atomic mass is 35.5. The number of ether oxygens (including phenoxy) is 1. The molecule has 2 aromatic rings. The number of aryl methyl sites for hydroxylation is 1. The van der Waals surface area contributed by atoms with Gasteiger partial charge in [-0.1, -0.05) is 17.7 Å². The maximum absolute atomic E-state index is 12.4. The summed E-state index contributed by atoms with van der Waals surface area (Å²) in [4.78, 5) is 34.2. The number of hydrogen-bond acceptors (Lipinski definition) is 5. The van der Waals surface area contributed by atoms with Crippen LogP contribution in [0.4, 0.5) is 11.4 Å². The lowest BCUT2D eigenvalue weighted by atomic mass is 10.1. The summed E-state index contributed by atoms with van der Waals surface area (Å²) in [5.74, 6) is -1.16. The van der Waals surface area contributed by atoms with Gasteiger partial charge in [0.15, 0.2) is 0 Å². The number of methoxy groups -OCH3 is 1. The lowest BCUT2D eigenvalue weighted by Crippen LogP contribution is -2.14. The highest BCUT2D eigenvalue weighted by molar-refractivity contribution is 6.34. The van der Waals surface area contributed by atoms with E-state index in [4.69, 9.17) is 11.6 Å². The van der Waals surface area contributed by atoms with E-state index in [1.165, 1.54) is 25.3 Å². The fraction of sp³-hybridized carbons (Fsp3) is 0.125. The summed E-state index contributed by atoms with van der Waals surface area (Å²) < 4.78 is 4.63. The summed E-state index contributed by atoms with van der Waals surface area (Å²) in [7, 11) is 1.25. The molecule has 124 valence electrons. The molecule has 7 nitrogen and oxygen atoms in total. The average molecular weight is 349 g/mol. The Morgan fingerprint density at radius 2 is 1.92 bits per heavy atom. The molecule has 2 rings (SSSR count). The highest BCUT2D eigenvalue weighted by Gasteiger charge is 2.17. The zero-order valence-corrected chi connectivity index (χ0v) is 13.6. The fourth-order valence-corrected chi connectivity index (χ4v) is 2.20. The summed E-state index contributed by atoms with van der Waals surface area (Å²) in [6.45, 7) is 1.74. The lowest BCUT2D eigenvalue weighted by Gasteiger charge is -2.11. The van der Waals surface area contributed by atoms with Gasteiger partial charge in [0.25, 0.3) is 11.6 Å². The molecule has 0 spiro atoms. The number of anilines is 1. The molecule has 0 saturated heterocycles. The van der Waals surface area contributed by atoms with Gasteiger partial charge in [-0.25, -0.2) is 4.79 Å². The molecule has 0 unspecified atom stereocenters. The molecular weight excluding hydrogens is 336 g/mol. The van der Waals surface area contributed by atoms with Gasteiger partial charge in [-0.05, 0) is 30.7 Å². The number of nitrogens with one attached hydrogen (secondary N) is 1. The van der Waals surface area contributed by atoms with Crippen LogP contribution in [0, 0.1) is 17.0 Å². The Hall–Kier alpha value is -2.93. The molecule has 24 heavy (non-hydrogen) atoms. The van der Waals surface area contributed by atoms with E-state index in [1.54, 1.807) is 19.1 Å². The van der Waals surface area contributed by atoms with Crippen LogP contribution < -0.4 is 5.32 Å². The Balaban J connectivity index is 2.35. The summed E-state index contributed by atoms with van der Waals surface area (Å²) in [5.41, 5.74) is 1.07. The molecule has 8 heteroatoms. The van der Waals surface area contributed by atoms with Gasteiger partial charge < -0.3 is 10.1 Å². The number of amides is 1. The van der Waals surface area contributed by atoms with Crippen molar-refractivity contribution < 1.29 is 19.2 Å². The standard InChI is InChI=1S/C16H13ClN2O5/c1-9-3-4-10(16(21)24-2)7-14(9)18-15(20)12-8-11(19(22)23)5-6-13(12)17/h3-8H,1-2H3,(H,18,20). The predicted molar refractivity (Wildman–Crippen MR) is 88.6 cm³/mol. The van der Waals surface area contributed by atoms with Crippen LogP contribution in [0.5, 0.6) is 0 Å². The Bertz CT molecular complexity index is 835. The van der Waals surface area contributed by atoms with Crippen molar-refractivity contribution in [3.8, 4) is 0 Å². The van der Waals surface area contributed by atoms with Crippen LogP contribution in [0.15, 0.2) is 36.4 Å². The molecule has 0 atom stereocenters. The number of nitro groups is 1. The fourth-order valence-electron chi connectivity index (χ4n) is 1.99. The normalized spacial score (nSPS) is 10.1. The Kier molecular flexibility index (Phi) is 5.15. The average Bonchev–Trinajstić information content (AvgIpc) is 2.56. The first-order valence-electron chi connectivity index (χ1n) is 6.77. The molecule has 1 amide bonds. The SMILES string of the molecule is COC(=O)c1ccc(C)c(NC(=O)c2cc([N+](=O)[O-])ccc2Cl)c1. The molecule has 0 bridgehead atoms. The van der Waals surface area contributed by atoms with Gasteiger partial charge in [-0.2, -0.15) is 0 Å². The van der Waals surface area contributed by atoms with Crippen molar-refractivity contribution in [1.29, 1.82) is 0 Å². The summed E-state index contributed by atoms with van der Waals surface area (Å²) in [5, 5.41) is 13.5. The van der Waals surface area contributed by atoms with Gasteiger partial charge >= 0.3 is 5.97 Å².